The third-order valence-electron chi connectivity index (χ3n) is 3.67. The minimum atomic E-state index is -1.19. The molecule has 2 rings (SSSR count). The number of carboxylic acids is 1. The fourth-order valence-corrected chi connectivity index (χ4v) is 2.39. The van der Waals surface area contributed by atoms with Crippen LogP contribution in [-0.4, -0.2) is 57.4 Å². The number of aromatic carboxylic acids is 1. The van der Waals surface area contributed by atoms with Crippen LogP contribution in [0.25, 0.3) is 0 Å². The molecule has 0 aromatic carbocycles. The molecule has 0 spiro atoms. The van der Waals surface area contributed by atoms with Gasteiger partial charge in [0.15, 0.2) is 5.69 Å². The minimum Gasteiger partial charge on any atom is -0.476 e. The number of likely N-dealkylation sites (tertiary alicyclic amines) is 1. The Morgan fingerprint density at radius 2 is 1.91 bits per heavy atom. The van der Waals surface area contributed by atoms with E-state index in [0.717, 1.165) is 38.2 Å². The van der Waals surface area contributed by atoms with Gasteiger partial charge in [0.25, 0.3) is 5.91 Å². The third-order valence-corrected chi connectivity index (χ3v) is 3.67. The van der Waals surface area contributed by atoms with E-state index in [0.29, 0.717) is 25.9 Å². The number of amides is 2. The first kappa shape index (κ1) is 16.9. The third kappa shape index (κ3) is 5.01. The molecule has 1 aliphatic rings. The predicted molar refractivity (Wildman–Crippen MR) is 81.0 cm³/mol. The minimum absolute atomic E-state index is 0.0702. The van der Waals surface area contributed by atoms with Crippen LogP contribution in [0.15, 0.2) is 12.4 Å². The monoisotopic (exact) mass is 320 g/mol. The van der Waals surface area contributed by atoms with E-state index in [9.17, 15) is 14.4 Å². The van der Waals surface area contributed by atoms with Gasteiger partial charge in [-0.25, -0.2) is 14.8 Å². The highest BCUT2D eigenvalue weighted by Gasteiger charge is 2.16. The fraction of sp³-hybridized carbons (Fsp3) is 0.533. The molecule has 8 heteroatoms. The van der Waals surface area contributed by atoms with Gasteiger partial charge in [-0.15, -0.1) is 0 Å². The van der Waals surface area contributed by atoms with Gasteiger partial charge in [0, 0.05) is 26.1 Å². The van der Waals surface area contributed by atoms with Crippen LogP contribution in [0.1, 0.15) is 53.1 Å². The molecule has 124 valence electrons. The largest absolute Gasteiger partial charge is 0.476 e. The molecule has 1 fully saturated rings. The number of hydrogen-bond acceptors (Lipinski definition) is 5. The van der Waals surface area contributed by atoms with Gasteiger partial charge in [-0.1, -0.05) is 6.42 Å². The lowest BCUT2D eigenvalue weighted by Crippen LogP contribution is -2.34. The molecule has 2 amide bonds. The van der Waals surface area contributed by atoms with Crippen molar-refractivity contribution in [2.45, 2.75) is 32.1 Å². The lowest BCUT2D eigenvalue weighted by atomic mass is 10.2. The number of nitrogens with zero attached hydrogens (tertiary/aromatic N) is 3. The second-order valence-electron chi connectivity index (χ2n) is 5.39. The van der Waals surface area contributed by atoms with Gasteiger partial charge in [0.1, 0.15) is 5.69 Å². The molecule has 2 N–H and O–H groups in total. The van der Waals surface area contributed by atoms with Crippen LogP contribution in [0.3, 0.4) is 0 Å². The Hall–Kier alpha value is -2.51. The van der Waals surface area contributed by atoms with Gasteiger partial charge in [0.05, 0.1) is 12.4 Å². The number of carbonyl (C=O) groups is 3. The number of rotatable bonds is 6. The summed E-state index contributed by atoms with van der Waals surface area (Å²) in [5.74, 6) is -1.41. The van der Waals surface area contributed by atoms with Crippen molar-refractivity contribution in [3.8, 4) is 0 Å². The molecular weight excluding hydrogens is 300 g/mol. The van der Waals surface area contributed by atoms with Gasteiger partial charge >= 0.3 is 5.97 Å². The van der Waals surface area contributed by atoms with Crippen LogP contribution in [0.5, 0.6) is 0 Å². The molecule has 0 aliphatic carbocycles. The average molecular weight is 320 g/mol. The molecule has 0 unspecified atom stereocenters. The molecule has 23 heavy (non-hydrogen) atoms. The Morgan fingerprint density at radius 1 is 1.17 bits per heavy atom. The molecule has 1 aromatic rings. The average Bonchev–Trinajstić information content (AvgIpc) is 2.76. The quantitative estimate of drug-likeness (QED) is 0.746. The predicted octanol–water partition coefficient (Wildman–Crippen LogP) is 0.697. The zero-order valence-electron chi connectivity index (χ0n) is 12.8. The molecule has 0 atom stereocenters. The van der Waals surface area contributed by atoms with Crippen LogP contribution in [0.2, 0.25) is 0 Å². The highest BCUT2D eigenvalue weighted by atomic mass is 16.4. The van der Waals surface area contributed by atoms with Crippen LogP contribution in [0.4, 0.5) is 0 Å². The molecule has 1 aliphatic heterocycles. The number of hydrogen-bond donors (Lipinski definition) is 2. The second kappa shape index (κ2) is 8.21. The van der Waals surface area contributed by atoms with Crippen molar-refractivity contribution in [1.29, 1.82) is 0 Å². The SMILES string of the molecule is O=C(O)c1cnc(C(=O)NCCCN2CCCCCC2=O)cn1. The Labute approximate surface area is 133 Å². The first-order valence-corrected chi connectivity index (χ1v) is 7.69. The lowest BCUT2D eigenvalue weighted by Gasteiger charge is -2.20. The van der Waals surface area contributed by atoms with Crippen LogP contribution < -0.4 is 5.32 Å². The standard InChI is InChI=1S/C15H20N4O4/c20-13-5-2-1-3-7-19(13)8-4-6-16-14(21)11-9-18-12(10-17-11)15(22)23/h9-10H,1-8H2,(H,16,21)(H,22,23). The van der Waals surface area contributed by atoms with Crippen molar-refractivity contribution < 1.29 is 19.5 Å². The van der Waals surface area contributed by atoms with Gasteiger partial charge in [-0.05, 0) is 19.3 Å². The Bertz CT molecular complexity index is 573. The van der Waals surface area contributed by atoms with Crippen molar-refractivity contribution >= 4 is 17.8 Å². The van der Waals surface area contributed by atoms with E-state index in [1.54, 1.807) is 0 Å². The van der Waals surface area contributed by atoms with Crippen molar-refractivity contribution in [1.82, 2.24) is 20.2 Å². The molecule has 1 aromatic heterocycles. The molecule has 0 saturated carbocycles. The lowest BCUT2D eigenvalue weighted by molar-refractivity contribution is -0.130. The Morgan fingerprint density at radius 3 is 2.61 bits per heavy atom. The van der Waals surface area contributed by atoms with Crippen LogP contribution >= 0.6 is 0 Å². The van der Waals surface area contributed by atoms with Crippen molar-refractivity contribution in [3.63, 3.8) is 0 Å². The van der Waals surface area contributed by atoms with E-state index in [-0.39, 0.29) is 17.3 Å². The molecule has 0 bridgehead atoms. The maximum absolute atomic E-state index is 11.9. The van der Waals surface area contributed by atoms with E-state index in [1.165, 1.54) is 0 Å². The van der Waals surface area contributed by atoms with Crippen LogP contribution in [0, 0.1) is 0 Å². The Kier molecular flexibility index (Phi) is 6.02. The maximum atomic E-state index is 11.9. The summed E-state index contributed by atoms with van der Waals surface area (Å²) >= 11 is 0. The molecule has 0 radical (unpaired) electrons. The summed E-state index contributed by atoms with van der Waals surface area (Å²) in [6, 6.07) is 0. The number of aromatic nitrogens is 2. The van der Waals surface area contributed by atoms with E-state index in [2.05, 4.69) is 15.3 Å². The van der Waals surface area contributed by atoms with Gasteiger partial charge in [-0.2, -0.15) is 0 Å². The summed E-state index contributed by atoms with van der Waals surface area (Å²) in [7, 11) is 0. The second-order valence-corrected chi connectivity index (χ2v) is 5.39. The molecule has 8 nitrogen and oxygen atoms in total. The highest BCUT2D eigenvalue weighted by molar-refractivity contribution is 5.92. The summed E-state index contributed by atoms with van der Waals surface area (Å²) in [5.41, 5.74) is -0.137. The van der Waals surface area contributed by atoms with E-state index < -0.39 is 11.9 Å². The summed E-state index contributed by atoms with van der Waals surface area (Å²) in [6.45, 7) is 1.84. The molecule has 1 saturated heterocycles. The topological polar surface area (TPSA) is 112 Å². The van der Waals surface area contributed by atoms with E-state index in [4.69, 9.17) is 5.11 Å². The van der Waals surface area contributed by atoms with Gasteiger partial charge in [-0.3, -0.25) is 9.59 Å². The molecular formula is C15H20N4O4. The summed E-state index contributed by atoms with van der Waals surface area (Å²) in [6.07, 6.45) is 6.53. The summed E-state index contributed by atoms with van der Waals surface area (Å²) < 4.78 is 0. The summed E-state index contributed by atoms with van der Waals surface area (Å²) in [4.78, 5) is 43.6. The highest BCUT2D eigenvalue weighted by Crippen LogP contribution is 2.11. The zero-order valence-corrected chi connectivity index (χ0v) is 12.8. The normalized spacial score (nSPS) is 15.1. The first-order valence-electron chi connectivity index (χ1n) is 7.69. The van der Waals surface area contributed by atoms with E-state index in [1.807, 2.05) is 4.90 Å². The van der Waals surface area contributed by atoms with Crippen molar-refractivity contribution in [2.75, 3.05) is 19.6 Å². The number of carbonyl (C=O) groups excluding carboxylic acids is 2. The van der Waals surface area contributed by atoms with Crippen molar-refractivity contribution in [2.24, 2.45) is 0 Å². The van der Waals surface area contributed by atoms with Crippen molar-refractivity contribution in [3.05, 3.63) is 23.8 Å². The fourth-order valence-electron chi connectivity index (χ4n) is 2.39. The number of carboxylic acid groups (broad SMARTS) is 1. The molecule has 2 heterocycles. The zero-order chi connectivity index (χ0) is 16.7. The van der Waals surface area contributed by atoms with Crippen LogP contribution in [-0.2, 0) is 4.79 Å². The van der Waals surface area contributed by atoms with Gasteiger partial charge < -0.3 is 15.3 Å². The smallest absolute Gasteiger partial charge is 0.356 e. The van der Waals surface area contributed by atoms with Gasteiger partial charge in [0.2, 0.25) is 5.91 Å². The Balaban J connectivity index is 1.74. The summed E-state index contributed by atoms with van der Waals surface area (Å²) in [5, 5.41) is 11.4. The van der Waals surface area contributed by atoms with E-state index >= 15 is 0 Å². The number of nitrogens with one attached hydrogen (secondary N) is 1. The maximum Gasteiger partial charge on any atom is 0.356 e. The first-order chi connectivity index (χ1) is 11.1.